The molecule has 0 radical (unpaired) electrons. The summed E-state index contributed by atoms with van der Waals surface area (Å²) in [5.41, 5.74) is 0.872. The lowest BCUT2D eigenvalue weighted by Crippen LogP contribution is -2.20. The van der Waals surface area contributed by atoms with Crippen molar-refractivity contribution in [1.82, 2.24) is 0 Å². The normalized spacial score (nSPS) is 13.7. The monoisotopic (exact) mass is 301 g/mol. The zero-order chi connectivity index (χ0) is 15.1. The van der Waals surface area contributed by atoms with Crippen LogP contribution in [0.15, 0.2) is 76.8 Å². The number of rotatable bonds is 5. The highest BCUT2D eigenvalue weighted by atomic mass is 32.2. The lowest BCUT2D eigenvalue weighted by atomic mass is 10.2. The van der Waals surface area contributed by atoms with Crippen LogP contribution >= 0.6 is 0 Å². The van der Waals surface area contributed by atoms with Gasteiger partial charge in [-0.05, 0) is 17.7 Å². The second-order valence-corrected chi connectivity index (χ2v) is 6.46. The fraction of sp³-hybridized carbons (Fsp3) is 0.0625. The highest BCUT2D eigenvalue weighted by Gasteiger charge is 2.23. The van der Waals surface area contributed by atoms with Gasteiger partial charge in [-0.1, -0.05) is 60.7 Å². The third-order valence-electron chi connectivity index (χ3n) is 2.92. The Hall–Kier alpha value is -2.40. The van der Waals surface area contributed by atoms with E-state index in [-0.39, 0.29) is 4.90 Å². The van der Waals surface area contributed by atoms with Crippen molar-refractivity contribution in [2.45, 2.75) is 10.1 Å². The first-order valence-corrected chi connectivity index (χ1v) is 7.89. The smallest absolute Gasteiger partial charge is 0.190 e. The fourth-order valence-electron chi connectivity index (χ4n) is 1.84. The van der Waals surface area contributed by atoms with Gasteiger partial charge in [-0.2, -0.15) is 0 Å². The molecule has 0 aliphatic heterocycles. The maximum absolute atomic E-state index is 12.5. The average molecular weight is 301 g/mol. The van der Waals surface area contributed by atoms with Crippen LogP contribution in [-0.4, -0.2) is 25.1 Å². The molecule has 2 aromatic carbocycles. The third kappa shape index (κ3) is 3.79. The van der Waals surface area contributed by atoms with Gasteiger partial charge in [0, 0.05) is 0 Å². The zero-order valence-corrected chi connectivity index (χ0v) is 12.0. The summed E-state index contributed by atoms with van der Waals surface area (Å²) in [6, 6.07) is 17.4. The molecule has 0 aromatic heterocycles. The van der Waals surface area contributed by atoms with E-state index in [0.29, 0.717) is 0 Å². The van der Waals surface area contributed by atoms with Crippen molar-refractivity contribution in [1.29, 1.82) is 0 Å². The van der Waals surface area contributed by atoms with Crippen LogP contribution in [0.3, 0.4) is 0 Å². The number of oxime groups is 1. The number of sulfone groups is 1. The second-order valence-electron chi connectivity index (χ2n) is 4.36. The second kappa shape index (κ2) is 6.85. The van der Waals surface area contributed by atoms with E-state index in [2.05, 4.69) is 5.16 Å². The topological polar surface area (TPSA) is 66.7 Å². The van der Waals surface area contributed by atoms with Crippen molar-refractivity contribution in [2.24, 2.45) is 5.16 Å². The first kappa shape index (κ1) is 15.0. The summed E-state index contributed by atoms with van der Waals surface area (Å²) in [6.45, 7) is 0. The predicted molar refractivity (Wildman–Crippen MR) is 83.2 cm³/mol. The Labute approximate surface area is 124 Å². The van der Waals surface area contributed by atoms with E-state index in [0.717, 1.165) is 11.8 Å². The van der Waals surface area contributed by atoms with Crippen LogP contribution in [-0.2, 0) is 9.84 Å². The lowest BCUT2D eigenvalue weighted by Gasteiger charge is -2.09. The maximum Gasteiger partial charge on any atom is 0.190 e. The molecule has 0 aliphatic carbocycles. The zero-order valence-electron chi connectivity index (χ0n) is 11.2. The van der Waals surface area contributed by atoms with Crippen LogP contribution in [0.25, 0.3) is 6.08 Å². The van der Waals surface area contributed by atoms with Gasteiger partial charge >= 0.3 is 0 Å². The van der Waals surface area contributed by atoms with E-state index in [1.54, 1.807) is 24.3 Å². The molecule has 5 heteroatoms. The first-order chi connectivity index (χ1) is 10.1. The maximum atomic E-state index is 12.5. The largest absolute Gasteiger partial charge is 0.411 e. The summed E-state index contributed by atoms with van der Waals surface area (Å²) in [6.07, 6.45) is 4.19. The molecule has 0 fully saturated rings. The van der Waals surface area contributed by atoms with Gasteiger partial charge in [-0.25, -0.2) is 8.42 Å². The van der Waals surface area contributed by atoms with E-state index in [1.165, 1.54) is 18.2 Å². The van der Waals surface area contributed by atoms with Gasteiger partial charge in [0.1, 0.15) is 5.25 Å². The quantitative estimate of drug-likeness (QED) is 0.524. The average Bonchev–Trinajstić information content (AvgIpc) is 2.53. The molecule has 108 valence electrons. The van der Waals surface area contributed by atoms with E-state index in [4.69, 9.17) is 5.21 Å². The number of benzene rings is 2. The van der Waals surface area contributed by atoms with Gasteiger partial charge < -0.3 is 5.21 Å². The van der Waals surface area contributed by atoms with Gasteiger partial charge in [-0.3, -0.25) is 0 Å². The Bertz CT molecular complexity index is 723. The molecule has 21 heavy (non-hydrogen) atoms. The molecule has 1 atom stereocenters. The SMILES string of the molecule is O=S(=O)(c1ccccc1)C(/C=N\O)/C=C/c1ccccc1. The Morgan fingerprint density at radius 3 is 2.10 bits per heavy atom. The minimum Gasteiger partial charge on any atom is -0.411 e. The van der Waals surface area contributed by atoms with Crippen LogP contribution < -0.4 is 0 Å². The van der Waals surface area contributed by atoms with Gasteiger partial charge in [-0.15, -0.1) is 5.16 Å². The number of hydrogen-bond donors (Lipinski definition) is 1. The Morgan fingerprint density at radius 1 is 0.952 bits per heavy atom. The number of nitrogens with zero attached hydrogens (tertiary/aromatic N) is 1. The fourth-order valence-corrected chi connectivity index (χ4v) is 3.19. The van der Waals surface area contributed by atoms with E-state index < -0.39 is 15.1 Å². The first-order valence-electron chi connectivity index (χ1n) is 6.34. The Kier molecular flexibility index (Phi) is 4.90. The third-order valence-corrected chi connectivity index (χ3v) is 4.85. The van der Waals surface area contributed by atoms with Crippen molar-refractivity contribution in [3.63, 3.8) is 0 Å². The Morgan fingerprint density at radius 2 is 1.52 bits per heavy atom. The summed E-state index contributed by atoms with van der Waals surface area (Å²) in [7, 11) is -3.63. The minimum atomic E-state index is -3.63. The van der Waals surface area contributed by atoms with Crippen molar-refractivity contribution in [3.8, 4) is 0 Å². The molecule has 0 bridgehead atoms. The van der Waals surface area contributed by atoms with Crippen molar-refractivity contribution in [2.75, 3.05) is 0 Å². The molecule has 0 saturated carbocycles. The van der Waals surface area contributed by atoms with E-state index >= 15 is 0 Å². The molecule has 0 saturated heterocycles. The summed E-state index contributed by atoms with van der Waals surface area (Å²) in [4.78, 5) is 0.188. The van der Waals surface area contributed by atoms with Crippen molar-refractivity contribution >= 4 is 22.1 Å². The molecule has 2 aromatic rings. The van der Waals surface area contributed by atoms with Crippen LogP contribution in [0.5, 0.6) is 0 Å². The summed E-state index contributed by atoms with van der Waals surface area (Å²) in [5.74, 6) is 0. The Balaban J connectivity index is 2.34. The van der Waals surface area contributed by atoms with Gasteiger partial charge in [0.15, 0.2) is 9.84 Å². The van der Waals surface area contributed by atoms with Gasteiger partial charge in [0.2, 0.25) is 0 Å². The van der Waals surface area contributed by atoms with Crippen molar-refractivity contribution < 1.29 is 13.6 Å². The molecule has 2 rings (SSSR count). The van der Waals surface area contributed by atoms with Crippen LogP contribution in [0.1, 0.15) is 5.56 Å². The molecule has 0 amide bonds. The lowest BCUT2D eigenvalue weighted by molar-refractivity contribution is 0.321. The van der Waals surface area contributed by atoms with Gasteiger partial charge in [0.05, 0.1) is 11.1 Å². The summed E-state index contributed by atoms with van der Waals surface area (Å²) in [5, 5.41) is 10.6. The molecular formula is C16H15NO3S. The van der Waals surface area contributed by atoms with Gasteiger partial charge in [0.25, 0.3) is 0 Å². The molecule has 4 nitrogen and oxygen atoms in total. The molecule has 1 unspecified atom stereocenters. The summed E-state index contributed by atoms with van der Waals surface area (Å²) < 4.78 is 25.0. The highest BCUT2D eigenvalue weighted by Crippen LogP contribution is 2.16. The van der Waals surface area contributed by atoms with Crippen molar-refractivity contribution in [3.05, 3.63) is 72.3 Å². The standard InChI is InChI=1S/C16H15NO3S/c18-17-13-16(12-11-14-7-3-1-4-8-14)21(19,20)15-9-5-2-6-10-15/h1-13,16,18H/b12-11+,17-13-. The van der Waals surface area contributed by atoms with Crippen LogP contribution in [0, 0.1) is 0 Å². The predicted octanol–water partition coefficient (Wildman–Crippen LogP) is 3.00. The minimum absolute atomic E-state index is 0.188. The summed E-state index contributed by atoms with van der Waals surface area (Å²) >= 11 is 0. The van der Waals surface area contributed by atoms with E-state index in [9.17, 15) is 8.42 Å². The number of hydrogen-bond acceptors (Lipinski definition) is 4. The molecule has 0 spiro atoms. The molecule has 0 aliphatic rings. The molecule has 1 N–H and O–H groups in total. The molecular weight excluding hydrogens is 286 g/mol. The van der Waals surface area contributed by atoms with Crippen LogP contribution in [0.4, 0.5) is 0 Å². The van der Waals surface area contributed by atoms with Crippen LogP contribution in [0.2, 0.25) is 0 Å². The highest BCUT2D eigenvalue weighted by molar-refractivity contribution is 7.93. The van der Waals surface area contributed by atoms with E-state index in [1.807, 2.05) is 30.3 Å². The molecule has 0 heterocycles.